The second-order valence-electron chi connectivity index (χ2n) is 5.92. The molecule has 140 valence electrons. The van der Waals surface area contributed by atoms with Gasteiger partial charge in [-0.3, -0.25) is 4.57 Å². The van der Waals surface area contributed by atoms with E-state index >= 15 is 0 Å². The molecule has 0 unspecified atom stereocenters. The van der Waals surface area contributed by atoms with Crippen LogP contribution in [0.4, 0.5) is 0 Å². The molecule has 1 heterocycles. The van der Waals surface area contributed by atoms with E-state index in [1.807, 2.05) is 60.0 Å². The summed E-state index contributed by atoms with van der Waals surface area (Å²) in [5.74, 6) is 2.28. The number of aryl methyl sites for hydroxylation is 1. The minimum absolute atomic E-state index is 0.320. The number of rotatable bonds is 8. The number of allylic oxidation sites excluding steroid dienone is 1. The van der Waals surface area contributed by atoms with E-state index in [0.717, 1.165) is 38.6 Å². The molecule has 0 saturated carbocycles. The van der Waals surface area contributed by atoms with Gasteiger partial charge >= 0.3 is 0 Å². The van der Waals surface area contributed by atoms with Gasteiger partial charge in [0, 0.05) is 22.3 Å². The maximum Gasteiger partial charge on any atom is 0.191 e. The fourth-order valence-corrected chi connectivity index (χ4v) is 3.89. The van der Waals surface area contributed by atoms with Crippen LogP contribution in [0.25, 0.3) is 0 Å². The summed E-state index contributed by atoms with van der Waals surface area (Å²) in [6.07, 6.45) is 1.82. The summed E-state index contributed by atoms with van der Waals surface area (Å²) >= 11 is 13.7. The highest BCUT2D eigenvalue weighted by molar-refractivity contribution is 7.98. The van der Waals surface area contributed by atoms with Gasteiger partial charge in [0.2, 0.25) is 0 Å². The maximum atomic E-state index is 6.05. The lowest BCUT2D eigenvalue weighted by molar-refractivity contribution is 0.287. The van der Waals surface area contributed by atoms with Crippen LogP contribution in [0.2, 0.25) is 10.0 Å². The highest BCUT2D eigenvalue weighted by Gasteiger charge is 2.13. The van der Waals surface area contributed by atoms with Gasteiger partial charge in [0.05, 0.1) is 0 Å². The molecule has 3 rings (SSSR count). The molecular formula is C20H19Cl2N3OS. The number of thioether (sulfide) groups is 1. The maximum absolute atomic E-state index is 6.05. The molecule has 0 aliphatic heterocycles. The molecule has 7 heteroatoms. The van der Waals surface area contributed by atoms with Gasteiger partial charge in [-0.05, 0) is 48.4 Å². The third-order valence-corrected chi connectivity index (χ3v) is 5.36. The van der Waals surface area contributed by atoms with Gasteiger partial charge in [-0.25, -0.2) is 0 Å². The first kappa shape index (κ1) is 19.8. The van der Waals surface area contributed by atoms with Crippen LogP contribution >= 0.6 is 35.0 Å². The zero-order chi connectivity index (χ0) is 19.2. The van der Waals surface area contributed by atoms with Gasteiger partial charge < -0.3 is 4.74 Å². The molecule has 4 nitrogen and oxygen atoms in total. The quantitative estimate of drug-likeness (QED) is 0.334. The molecule has 0 radical (unpaired) electrons. The van der Waals surface area contributed by atoms with Crippen molar-refractivity contribution >= 4 is 35.0 Å². The molecule has 0 aliphatic carbocycles. The fraction of sp³-hybridized carbons (Fsp3) is 0.200. The van der Waals surface area contributed by atoms with Crippen LogP contribution in [0.5, 0.6) is 5.75 Å². The summed E-state index contributed by atoms with van der Waals surface area (Å²) in [6.45, 7) is 6.73. The molecule has 1 aromatic heterocycles. The normalized spacial score (nSPS) is 10.8. The predicted molar refractivity (Wildman–Crippen MR) is 112 cm³/mol. The largest absolute Gasteiger partial charge is 0.485 e. The Morgan fingerprint density at radius 1 is 1.15 bits per heavy atom. The summed E-state index contributed by atoms with van der Waals surface area (Å²) < 4.78 is 7.92. The number of hydrogen-bond acceptors (Lipinski definition) is 4. The molecular weight excluding hydrogens is 401 g/mol. The third kappa shape index (κ3) is 5.28. The second kappa shape index (κ2) is 9.31. The lowest BCUT2D eigenvalue weighted by Gasteiger charge is -2.11. The van der Waals surface area contributed by atoms with Gasteiger partial charge in [-0.2, -0.15) is 0 Å². The molecule has 0 atom stereocenters. The van der Waals surface area contributed by atoms with Gasteiger partial charge in [-0.1, -0.05) is 53.2 Å². The van der Waals surface area contributed by atoms with E-state index in [-0.39, 0.29) is 0 Å². The smallest absolute Gasteiger partial charge is 0.191 e. The minimum Gasteiger partial charge on any atom is -0.485 e. The zero-order valence-corrected chi connectivity index (χ0v) is 17.2. The van der Waals surface area contributed by atoms with Crippen LogP contribution < -0.4 is 4.74 Å². The Morgan fingerprint density at radius 3 is 2.70 bits per heavy atom. The molecule has 0 fully saturated rings. The predicted octanol–water partition coefficient (Wildman–Crippen LogP) is 5.95. The van der Waals surface area contributed by atoms with Crippen molar-refractivity contribution in [3.8, 4) is 5.75 Å². The molecule has 2 aromatic carbocycles. The van der Waals surface area contributed by atoms with Crippen molar-refractivity contribution in [2.75, 3.05) is 0 Å². The Bertz CT molecular complexity index is 943. The monoisotopic (exact) mass is 419 g/mol. The van der Waals surface area contributed by atoms with Crippen LogP contribution in [-0.4, -0.2) is 14.8 Å². The van der Waals surface area contributed by atoms with Gasteiger partial charge in [-0.15, -0.1) is 16.8 Å². The Labute approximate surface area is 173 Å². The van der Waals surface area contributed by atoms with E-state index in [2.05, 4.69) is 16.8 Å². The number of ether oxygens (including phenoxy) is 1. The van der Waals surface area contributed by atoms with Crippen molar-refractivity contribution in [1.82, 2.24) is 14.8 Å². The molecule has 0 saturated heterocycles. The first-order valence-corrected chi connectivity index (χ1v) is 10.1. The van der Waals surface area contributed by atoms with Crippen LogP contribution in [0.3, 0.4) is 0 Å². The lowest BCUT2D eigenvalue weighted by Crippen LogP contribution is -2.08. The SMILES string of the molecule is C=CCn1c(COc2ccc(Cl)cc2C)nnc1SCc1cccc(Cl)c1. The van der Waals surface area contributed by atoms with Crippen molar-refractivity contribution in [1.29, 1.82) is 0 Å². The van der Waals surface area contributed by atoms with E-state index in [1.54, 1.807) is 11.8 Å². The molecule has 3 aromatic rings. The van der Waals surface area contributed by atoms with E-state index < -0.39 is 0 Å². The molecule has 0 bridgehead atoms. The highest BCUT2D eigenvalue weighted by Crippen LogP contribution is 2.25. The molecule has 0 aliphatic rings. The minimum atomic E-state index is 0.320. The van der Waals surface area contributed by atoms with Gasteiger partial charge in [0.15, 0.2) is 11.0 Å². The first-order valence-electron chi connectivity index (χ1n) is 8.36. The highest BCUT2D eigenvalue weighted by atomic mass is 35.5. The van der Waals surface area contributed by atoms with E-state index in [0.29, 0.717) is 18.2 Å². The number of benzene rings is 2. The standard InChI is InChI=1S/C20H19Cl2N3OS/c1-3-9-25-19(12-26-18-8-7-17(22)10-14(18)2)23-24-20(25)27-13-15-5-4-6-16(21)11-15/h3-8,10-11H,1,9,12-13H2,2H3. The first-order chi connectivity index (χ1) is 13.1. The fourth-order valence-electron chi connectivity index (χ4n) is 2.54. The van der Waals surface area contributed by atoms with Crippen molar-refractivity contribution < 1.29 is 4.74 Å². The molecule has 0 amide bonds. The third-order valence-electron chi connectivity index (χ3n) is 3.86. The number of halogens is 2. The summed E-state index contributed by atoms with van der Waals surface area (Å²) in [7, 11) is 0. The number of aromatic nitrogens is 3. The van der Waals surface area contributed by atoms with Crippen LogP contribution in [-0.2, 0) is 18.9 Å². The van der Waals surface area contributed by atoms with E-state index in [1.165, 1.54) is 0 Å². The Morgan fingerprint density at radius 2 is 1.96 bits per heavy atom. The van der Waals surface area contributed by atoms with E-state index in [4.69, 9.17) is 27.9 Å². The summed E-state index contributed by atoms with van der Waals surface area (Å²) in [4.78, 5) is 0. The zero-order valence-electron chi connectivity index (χ0n) is 14.9. The van der Waals surface area contributed by atoms with E-state index in [9.17, 15) is 0 Å². The number of nitrogens with zero attached hydrogens (tertiary/aromatic N) is 3. The summed E-state index contributed by atoms with van der Waals surface area (Å²) in [5.41, 5.74) is 2.11. The average molecular weight is 420 g/mol. The van der Waals surface area contributed by atoms with Crippen LogP contribution in [0.15, 0.2) is 60.3 Å². The lowest BCUT2D eigenvalue weighted by atomic mass is 10.2. The van der Waals surface area contributed by atoms with Crippen molar-refractivity contribution in [2.45, 2.75) is 31.0 Å². The topological polar surface area (TPSA) is 39.9 Å². The Kier molecular flexibility index (Phi) is 6.83. The summed E-state index contributed by atoms with van der Waals surface area (Å²) in [6, 6.07) is 13.4. The van der Waals surface area contributed by atoms with Crippen molar-refractivity contribution in [3.05, 3.63) is 82.1 Å². The summed E-state index contributed by atoms with van der Waals surface area (Å²) in [5, 5.41) is 10.8. The van der Waals surface area contributed by atoms with Gasteiger partial charge in [0.1, 0.15) is 12.4 Å². The molecule has 0 spiro atoms. The Balaban J connectivity index is 1.71. The Hall–Kier alpha value is -1.95. The van der Waals surface area contributed by atoms with Crippen molar-refractivity contribution in [3.63, 3.8) is 0 Å². The van der Waals surface area contributed by atoms with Gasteiger partial charge in [0.25, 0.3) is 0 Å². The molecule has 0 N–H and O–H groups in total. The number of hydrogen-bond donors (Lipinski definition) is 0. The van der Waals surface area contributed by atoms with Crippen LogP contribution in [0.1, 0.15) is 17.0 Å². The van der Waals surface area contributed by atoms with Crippen LogP contribution in [0, 0.1) is 6.92 Å². The second-order valence-corrected chi connectivity index (χ2v) is 7.73. The average Bonchev–Trinajstić information content (AvgIpc) is 3.01. The van der Waals surface area contributed by atoms with Crippen molar-refractivity contribution in [2.24, 2.45) is 0 Å². The molecule has 27 heavy (non-hydrogen) atoms.